The van der Waals surface area contributed by atoms with Gasteiger partial charge in [0.2, 0.25) is 5.91 Å². The summed E-state index contributed by atoms with van der Waals surface area (Å²) in [4.78, 5) is 40.2. The first-order chi connectivity index (χ1) is 19.0. The molecule has 202 valence electrons. The van der Waals surface area contributed by atoms with Crippen LogP contribution in [0.3, 0.4) is 0 Å². The number of amides is 2. The van der Waals surface area contributed by atoms with E-state index in [0.717, 1.165) is 47.0 Å². The fourth-order valence-electron chi connectivity index (χ4n) is 6.85. The van der Waals surface area contributed by atoms with Gasteiger partial charge in [-0.3, -0.25) is 9.59 Å². The zero-order valence-electron chi connectivity index (χ0n) is 22.4. The predicted octanol–water partition coefficient (Wildman–Crippen LogP) is 5.26. The van der Waals surface area contributed by atoms with E-state index in [-0.39, 0.29) is 23.7 Å². The number of fused-ring (bicyclic) bond motifs is 5. The number of carbonyl (C=O) groups is 3. The zero-order valence-corrected chi connectivity index (χ0v) is 22.4. The quantitative estimate of drug-likeness (QED) is 0.470. The smallest absolute Gasteiger partial charge is 0.337 e. The molecule has 1 saturated carbocycles. The van der Waals surface area contributed by atoms with Crippen molar-refractivity contribution in [2.24, 2.45) is 11.7 Å². The van der Waals surface area contributed by atoms with E-state index in [9.17, 15) is 14.4 Å². The van der Waals surface area contributed by atoms with Crippen LogP contribution in [0.4, 0.5) is 0 Å². The molecule has 2 N–H and O–H groups in total. The van der Waals surface area contributed by atoms with Gasteiger partial charge in [-0.25, -0.2) is 4.79 Å². The number of nitrogens with zero attached hydrogens (tertiary/aromatic N) is 2. The van der Waals surface area contributed by atoms with Gasteiger partial charge in [0.1, 0.15) is 0 Å². The summed E-state index contributed by atoms with van der Waals surface area (Å²) in [6.07, 6.45) is 9.43. The lowest BCUT2D eigenvalue weighted by atomic mass is 9.81. The molecule has 7 heteroatoms. The van der Waals surface area contributed by atoms with Gasteiger partial charge in [0.25, 0.3) is 5.91 Å². The van der Waals surface area contributed by atoms with Gasteiger partial charge in [-0.1, -0.05) is 49.6 Å². The van der Waals surface area contributed by atoms with Crippen molar-refractivity contribution in [3.63, 3.8) is 0 Å². The number of ether oxygens (including phenoxy) is 1. The van der Waals surface area contributed by atoms with E-state index in [4.69, 9.17) is 10.5 Å². The largest absolute Gasteiger partial charge is 0.465 e. The molecule has 0 spiro atoms. The third-order valence-electron chi connectivity index (χ3n) is 8.80. The molecule has 2 fully saturated rings. The van der Waals surface area contributed by atoms with Gasteiger partial charge in [-0.05, 0) is 60.9 Å². The maximum Gasteiger partial charge on any atom is 0.337 e. The number of methoxy groups -OCH3 is 1. The van der Waals surface area contributed by atoms with Crippen molar-refractivity contribution in [1.29, 1.82) is 0 Å². The van der Waals surface area contributed by atoms with Crippen molar-refractivity contribution in [3.8, 4) is 11.3 Å². The van der Waals surface area contributed by atoms with Crippen LogP contribution in [-0.4, -0.2) is 47.4 Å². The van der Waals surface area contributed by atoms with Gasteiger partial charge in [0, 0.05) is 35.1 Å². The van der Waals surface area contributed by atoms with Crippen LogP contribution in [-0.2, 0) is 20.9 Å². The standard InChI is InChI=1S/C32H35N3O4/c1-39-32(38)22-13-14-26-27(17-22)35-19-24(31(37)34-15-7-11-23(18-34)30(33)36)16-21-10-5-6-12-25(21)29(35)28(26)20-8-3-2-4-9-20/h5-6,10,12-14,16-17,20,23H,2-4,7-9,11,15,18-19H2,1H3,(H2,33,36). The van der Waals surface area contributed by atoms with Crippen LogP contribution in [0.1, 0.15) is 72.3 Å². The Morgan fingerprint density at radius 2 is 1.77 bits per heavy atom. The molecule has 1 aliphatic carbocycles. The van der Waals surface area contributed by atoms with Gasteiger partial charge in [-0.15, -0.1) is 0 Å². The minimum Gasteiger partial charge on any atom is -0.465 e. The number of benzene rings is 2. The lowest BCUT2D eigenvalue weighted by molar-refractivity contribution is -0.131. The SMILES string of the molecule is COC(=O)c1ccc2c(C3CCCCC3)c3n(c2c1)CC(C(=O)N1CCCC(C(N)=O)C1)=Cc1ccccc1-3. The van der Waals surface area contributed by atoms with Crippen LogP contribution in [0.5, 0.6) is 0 Å². The molecule has 3 heterocycles. The molecule has 0 radical (unpaired) electrons. The first kappa shape index (κ1) is 25.4. The highest BCUT2D eigenvalue weighted by molar-refractivity contribution is 6.03. The summed E-state index contributed by atoms with van der Waals surface area (Å²) >= 11 is 0. The monoisotopic (exact) mass is 525 g/mol. The normalized spacial score (nSPS) is 19.6. The fourth-order valence-corrected chi connectivity index (χ4v) is 6.85. The zero-order chi connectivity index (χ0) is 27.1. The number of carbonyl (C=O) groups excluding carboxylic acids is 3. The summed E-state index contributed by atoms with van der Waals surface area (Å²) in [6, 6.07) is 14.1. The van der Waals surface area contributed by atoms with Gasteiger partial charge >= 0.3 is 5.97 Å². The second-order valence-corrected chi connectivity index (χ2v) is 11.2. The van der Waals surface area contributed by atoms with Crippen LogP contribution < -0.4 is 5.73 Å². The highest BCUT2D eigenvalue weighted by atomic mass is 16.5. The van der Waals surface area contributed by atoms with Crippen LogP contribution in [0.2, 0.25) is 0 Å². The number of nitrogens with two attached hydrogens (primary N) is 1. The van der Waals surface area contributed by atoms with E-state index in [1.54, 1.807) is 4.90 Å². The lowest BCUT2D eigenvalue weighted by Crippen LogP contribution is -2.44. The number of rotatable bonds is 4. The van der Waals surface area contributed by atoms with Crippen molar-refractivity contribution >= 4 is 34.8 Å². The molecule has 2 aromatic carbocycles. The molecule has 6 rings (SSSR count). The van der Waals surface area contributed by atoms with Crippen molar-refractivity contribution in [1.82, 2.24) is 9.47 Å². The maximum absolute atomic E-state index is 14.0. The van der Waals surface area contributed by atoms with Gasteiger partial charge < -0.3 is 19.9 Å². The second-order valence-electron chi connectivity index (χ2n) is 11.2. The van der Waals surface area contributed by atoms with Gasteiger partial charge in [0.15, 0.2) is 0 Å². The molecule has 3 aliphatic rings. The first-order valence-electron chi connectivity index (χ1n) is 14.1. The molecule has 2 amide bonds. The Kier molecular flexibility index (Phi) is 6.75. The summed E-state index contributed by atoms with van der Waals surface area (Å²) < 4.78 is 7.28. The molecular formula is C32H35N3O4. The number of piperidine rings is 1. The molecular weight excluding hydrogens is 490 g/mol. The Balaban J connectivity index is 1.53. The highest BCUT2D eigenvalue weighted by Crippen LogP contribution is 2.46. The van der Waals surface area contributed by atoms with E-state index < -0.39 is 0 Å². The number of likely N-dealkylation sites (tertiary alicyclic amines) is 1. The minimum absolute atomic E-state index is 0.0613. The molecule has 3 aromatic rings. The molecule has 39 heavy (non-hydrogen) atoms. The van der Waals surface area contributed by atoms with E-state index >= 15 is 0 Å². The minimum atomic E-state index is -0.377. The second kappa shape index (κ2) is 10.4. The molecule has 1 aromatic heterocycles. The Morgan fingerprint density at radius 3 is 2.54 bits per heavy atom. The molecule has 2 aliphatic heterocycles. The Morgan fingerprint density at radius 1 is 0.974 bits per heavy atom. The Labute approximate surface area is 228 Å². The number of esters is 1. The molecule has 1 unspecified atom stereocenters. The molecule has 1 saturated heterocycles. The van der Waals surface area contributed by atoms with Crippen molar-refractivity contribution in [2.45, 2.75) is 57.4 Å². The van der Waals surface area contributed by atoms with E-state index in [1.807, 2.05) is 30.3 Å². The van der Waals surface area contributed by atoms with Crippen LogP contribution in [0.15, 0.2) is 48.0 Å². The molecule has 0 bridgehead atoms. The summed E-state index contributed by atoms with van der Waals surface area (Å²) in [6.45, 7) is 1.35. The van der Waals surface area contributed by atoms with Crippen molar-refractivity contribution in [3.05, 3.63) is 64.7 Å². The average Bonchev–Trinajstić information content (AvgIpc) is 3.19. The van der Waals surface area contributed by atoms with Crippen molar-refractivity contribution in [2.75, 3.05) is 20.2 Å². The summed E-state index contributed by atoms with van der Waals surface area (Å²) in [5, 5.41) is 1.14. The van der Waals surface area contributed by atoms with E-state index in [0.29, 0.717) is 43.1 Å². The number of hydrogen-bond donors (Lipinski definition) is 1. The molecule has 1 atom stereocenters. The third-order valence-corrected chi connectivity index (χ3v) is 8.80. The van der Waals surface area contributed by atoms with Gasteiger partial charge in [-0.2, -0.15) is 0 Å². The van der Waals surface area contributed by atoms with Crippen molar-refractivity contribution < 1.29 is 19.1 Å². The van der Waals surface area contributed by atoms with Crippen LogP contribution >= 0.6 is 0 Å². The van der Waals surface area contributed by atoms with E-state index in [1.165, 1.54) is 31.9 Å². The number of hydrogen-bond acceptors (Lipinski definition) is 4. The first-order valence-corrected chi connectivity index (χ1v) is 14.1. The Bertz CT molecular complexity index is 1490. The summed E-state index contributed by atoms with van der Waals surface area (Å²) in [5.41, 5.74) is 12.3. The molecule has 7 nitrogen and oxygen atoms in total. The number of primary amides is 1. The number of aromatic nitrogens is 1. The highest BCUT2D eigenvalue weighted by Gasteiger charge is 2.33. The Hall–Kier alpha value is -3.87. The topological polar surface area (TPSA) is 94.6 Å². The summed E-state index contributed by atoms with van der Waals surface area (Å²) in [7, 11) is 1.40. The lowest BCUT2D eigenvalue weighted by Gasteiger charge is -2.32. The van der Waals surface area contributed by atoms with Crippen LogP contribution in [0.25, 0.3) is 28.2 Å². The summed E-state index contributed by atoms with van der Waals surface area (Å²) in [5.74, 6) is -0.680. The van der Waals surface area contributed by atoms with Crippen LogP contribution in [0, 0.1) is 5.92 Å². The van der Waals surface area contributed by atoms with Gasteiger partial charge in [0.05, 0.1) is 30.8 Å². The third kappa shape index (κ3) is 4.54. The van der Waals surface area contributed by atoms with E-state index in [2.05, 4.69) is 22.8 Å². The fraction of sp³-hybridized carbons (Fsp3) is 0.406. The maximum atomic E-state index is 14.0. The predicted molar refractivity (Wildman–Crippen MR) is 151 cm³/mol. The average molecular weight is 526 g/mol.